The summed E-state index contributed by atoms with van der Waals surface area (Å²) >= 11 is 0. The summed E-state index contributed by atoms with van der Waals surface area (Å²) in [4.78, 5) is 32.4. The molecule has 0 saturated carbocycles. The van der Waals surface area contributed by atoms with Crippen LogP contribution in [0.1, 0.15) is 26.3 Å². The maximum atomic E-state index is 14.0. The van der Waals surface area contributed by atoms with Crippen molar-refractivity contribution in [2.45, 2.75) is 0 Å². The van der Waals surface area contributed by atoms with E-state index >= 15 is 0 Å². The Morgan fingerprint density at radius 2 is 1.20 bits per heavy atom. The van der Waals surface area contributed by atoms with Crippen molar-refractivity contribution in [3.05, 3.63) is 162 Å². The second-order valence-corrected chi connectivity index (χ2v) is 11.1. The Morgan fingerprint density at radius 1 is 0.609 bits per heavy atom. The number of rotatable bonds is 4. The maximum absolute atomic E-state index is 14.0. The zero-order chi connectivity index (χ0) is 31.4. The Hall–Kier alpha value is -6.76. The molecule has 0 N–H and O–H groups in total. The summed E-state index contributed by atoms with van der Waals surface area (Å²) in [6.45, 7) is 7.31. The van der Waals surface area contributed by atoms with Crippen LogP contribution < -0.4 is 4.90 Å². The van der Waals surface area contributed by atoms with E-state index in [1.165, 1.54) is 4.90 Å². The molecule has 0 aliphatic carbocycles. The van der Waals surface area contributed by atoms with Crippen LogP contribution >= 0.6 is 0 Å². The lowest BCUT2D eigenvalue weighted by Gasteiger charge is -2.14. The number of benzene rings is 6. The van der Waals surface area contributed by atoms with E-state index in [2.05, 4.69) is 27.6 Å². The third-order valence-electron chi connectivity index (χ3n) is 8.59. The highest BCUT2D eigenvalue weighted by Gasteiger charge is 2.39. The number of anilines is 1. The summed E-state index contributed by atoms with van der Waals surface area (Å²) in [5, 5.41) is 11.2. The Bertz CT molecular complexity index is 2350. The molecule has 0 spiro atoms. The summed E-state index contributed by atoms with van der Waals surface area (Å²) in [6.07, 6.45) is 0. The number of fused-ring (bicyclic) bond motifs is 4. The Balaban J connectivity index is 1.37. The topological polar surface area (TPSA) is 70.5 Å². The average Bonchev–Trinajstić information content (AvgIpc) is 3.58. The highest BCUT2D eigenvalue weighted by atomic mass is 16.2. The van der Waals surface area contributed by atoms with E-state index in [1.54, 1.807) is 18.2 Å². The van der Waals surface area contributed by atoms with Gasteiger partial charge in [0.1, 0.15) is 0 Å². The zero-order valence-corrected chi connectivity index (χ0v) is 24.3. The number of aromatic nitrogens is 1. The normalized spacial score (nSPS) is 12.3. The van der Waals surface area contributed by atoms with Crippen molar-refractivity contribution in [1.29, 1.82) is 5.26 Å². The predicted molar refractivity (Wildman–Crippen MR) is 180 cm³/mol. The van der Waals surface area contributed by atoms with Gasteiger partial charge in [0.25, 0.3) is 11.8 Å². The molecule has 214 valence electrons. The fraction of sp³-hybridized carbons (Fsp3) is 0. The molecule has 0 unspecified atom stereocenters. The van der Waals surface area contributed by atoms with E-state index in [0.29, 0.717) is 33.8 Å². The number of nitrogens with zero attached hydrogens (tertiary/aromatic N) is 4. The molecule has 0 saturated heterocycles. The van der Waals surface area contributed by atoms with Gasteiger partial charge < -0.3 is 4.57 Å². The van der Waals surface area contributed by atoms with E-state index in [9.17, 15) is 14.9 Å². The molecule has 0 bridgehead atoms. The molecule has 8 rings (SSSR count). The first-order valence-electron chi connectivity index (χ1n) is 14.7. The van der Waals surface area contributed by atoms with Gasteiger partial charge >= 0.3 is 0 Å². The smallest absolute Gasteiger partial charge is 0.268 e. The lowest BCUT2D eigenvalue weighted by Crippen LogP contribution is -2.29. The first-order valence-corrected chi connectivity index (χ1v) is 14.7. The summed E-state index contributed by atoms with van der Waals surface area (Å²) in [5.74, 6) is -0.704. The van der Waals surface area contributed by atoms with Crippen LogP contribution in [0.15, 0.2) is 133 Å². The van der Waals surface area contributed by atoms with Gasteiger partial charge in [0, 0.05) is 10.8 Å². The van der Waals surface area contributed by atoms with Crippen LogP contribution in [0, 0.1) is 17.9 Å². The molecule has 1 aliphatic rings. The summed E-state index contributed by atoms with van der Waals surface area (Å²) in [5.41, 5.74) is 8.79. The van der Waals surface area contributed by atoms with Crippen molar-refractivity contribution in [1.82, 2.24) is 4.57 Å². The van der Waals surface area contributed by atoms with Crippen molar-refractivity contribution >= 4 is 45.0 Å². The van der Waals surface area contributed by atoms with Gasteiger partial charge in [-0.2, -0.15) is 5.26 Å². The van der Waals surface area contributed by atoms with E-state index in [0.717, 1.165) is 44.1 Å². The number of carbonyl (C=O) groups is 2. The molecule has 6 nitrogen and oxygen atoms in total. The Labute approximate surface area is 264 Å². The van der Waals surface area contributed by atoms with E-state index in [-0.39, 0.29) is 11.8 Å². The van der Waals surface area contributed by atoms with Crippen molar-refractivity contribution in [3.8, 4) is 34.0 Å². The molecular weight excluding hydrogens is 568 g/mol. The highest BCUT2D eigenvalue weighted by Crippen LogP contribution is 2.40. The summed E-state index contributed by atoms with van der Waals surface area (Å²) in [7, 11) is 0. The summed E-state index contributed by atoms with van der Waals surface area (Å²) < 4.78 is 2.07. The van der Waals surface area contributed by atoms with Crippen LogP contribution in [0.3, 0.4) is 0 Å². The van der Waals surface area contributed by atoms with Crippen LogP contribution in [0.5, 0.6) is 0 Å². The molecule has 0 atom stereocenters. The molecule has 2 heterocycles. The molecular formula is C40H22N4O2. The Kier molecular flexibility index (Phi) is 6.10. The number of nitriles is 1. The van der Waals surface area contributed by atoms with Crippen molar-refractivity contribution in [2.75, 3.05) is 4.90 Å². The summed E-state index contributed by atoms with van der Waals surface area (Å²) in [6, 6.07) is 44.1. The van der Waals surface area contributed by atoms with Crippen molar-refractivity contribution < 1.29 is 9.59 Å². The van der Waals surface area contributed by atoms with E-state index in [4.69, 9.17) is 6.57 Å². The zero-order valence-electron chi connectivity index (χ0n) is 24.3. The molecule has 46 heavy (non-hydrogen) atoms. The second kappa shape index (κ2) is 10.4. The highest BCUT2D eigenvalue weighted by molar-refractivity contribution is 6.35. The van der Waals surface area contributed by atoms with Gasteiger partial charge in [0.15, 0.2) is 5.69 Å². The minimum atomic E-state index is -0.359. The number of amides is 2. The van der Waals surface area contributed by atoms with E-state index < -0.39 is 0 Å². The number of imide groups is 1. The molecule has 2 amide bonds. The van der Waals surface area contributed by atoms with Gasteiger partial charge in [-0.3, -0.25) is 9.59 Å². The number of hydrogen-bond acceptors (Lipinski definition) is 3. The van der Waals surface area contributed by atoms with Crippen LogP contribution in [0.25, 0.3) is 54.6 Å². The first-order chi connectivity index (χ1) is 22.6. The van der Waals surface area contributed by atoms with Gasteiger partial charge in [-0.25, -0.2) is 9.74 Å². The second-order valence-electron chi connectivity index (χ2n) is 11.1. The van der Waals surface area contributed by atoms with E-state index in [1.807, 2.05) is 103 Å². The average molecular weight is 591 g/mol. The van der Waals surface area contributed by atoms with Crippen LogP contribution in [0.2, 0.25) is 0 Å². The SMILES string of the molecule is [C-]#[N+]c1ccc(-c2ccc3c(c2)c2cc(-c4ccc(C#N)cc4)ccc2n3-c2cccc3c2C(=O)N(c2ccccc2)C3=O)cc1. The minimum absolute atomic E-state index is 0.345. The molecule has 6 aromatic carbocycles. The lowest BCUT2D eigenvalue weighted by molar-refractivity contribution is 0.0926. The van der Waals surface area contributed by atoms with Crippen molar-refractivity contribution in [2.24, 2.45) is 0 Å². The molecule has 0 fully saturated rings. The monoisotopic (exact) mass is 590 g/mol. The van der Waals surface area contributed by atoms with Gasteiger partial charge in [0.2, 0.25) is 0 Å². The fourth-order valence-electron chi connectivity index (χ4n) is 6.37. The lowest BCUT2D eigenvalue weighted by atomic mass is 9.99. The third kappa shape index (κ3) is 4.10. The molecule has 1 aromatic heterocycles. The quantitative estimate of drug-likeness (QED) is 0.151. The number of hydrogen-bond donors (Lipinski definition) is 0. The standard InChI is InChI=1S/C40H22N4O2/c1-42-30-18-14-27(15-19-30)29-17-21-36-34(23-29)33-22-28(26-12-10-25(24-41)11-13-26)16-20-35(33)44(36)37-9-5-8-32-38(37)40(46)43(39(32)45)31-6-3-2-4-7-31/h2-23H. The van der Waals surface area contributed by atoms with Gasteiger partial charge in [-0.1, -0.05) is 72.8 Å². The van der Waals surface area contributed by atoms with Gasteiger partial charge in [0.05, 0.1) is 51.7 Å². The van der Waals surface area contributed by atoms with Crippen LogP contribution in [0.4, 0.5) is 11.4 Å². The fourth-order valence-corrected chi connectivity index (χ4v) is 6.37. The Morgan fingerprint density at radius 3 is 1.78 bits per heavy atom. The molecule has 7 aromatic rings. The third-order valence-corrected chi connectivity index (χ3v) is 8.59. The number of carbonyl (C=O) groups excluding carboxylic acids is 2. The van der Waals surface area contributed by atoms with Crippen LogP contribution in [-0.4, -0.2) is 16.4 Å². The molecule has 6 heteroatoms. The number of para-hydroxylation sites is 1. The maximum Gasteiger partial charge on any atom is 0.268 e. The predicted octanol–water partition coefficient (Wildman–Crippen LogP) is 9.34. The van der Waals surface area contributed by atoms with Crippen LogP contribution in [-0.2, 0) is 0 Å². The largest absolute Gasteiger partial charge is 0.308 e. The van der Waals surface area contributed by atoms with Crippen molar-refractivity contribution in [3.63, 3.8) is 0 Å². The van der Waals surface area contributed by atoms with Gasteiger partial charge in [-0.15, -0.1) is 0 Å². The molecule has 1 aliphatic heterocycles. The first kappa shape index (κ1) is 26.8. The van der Waals surface area contributed by atoms with Gasteiger partial charge in [-0.05, 0) is 82.9 Å². The minimum Gasteiger partial charge on any atom is -0.308 e. The molecule has 0 radical (unpaired) electrons.